The van der Waals surface area contributed by atoms with Gasteiger partial charge >= 0.3 is 0 Å². The Kier molecular flexibility index (Phi) is 7.75. The molecule has 0 saturated heterocycles. The van der Waals surface area contributed by atoms with Gasteiger partial charge in [0.1, 0.15) is 6.29 Å². The van der Waals surface area contributed by atoms with E-state index in [1.54, 1.807) is 0 Å². The maximum absolute atomic E-state index is 10.8. The highest BCUT2D eigenvalue weighted by atomic mass is 35.5. The summed E-state index contributed by atoms with van der Waals surface area (Å²) in [5, 5.41) is 0.756. The number of carbonyl (C=O) groups excluding carboxylic acids is 1. The van der Waals surface area contributed by atoms with Crippen molar-refractivity contribution in [1.82, 2.24) is 0 Å². The summed E-state index contributed by atoms with van der Waals surface area (Å²) >= 11 is 5.89. The van der Waals surface area contributed by atoms with Crippen LogP contribution >= 0.6 is 11.6 Å². The summed E-state index contributed by atoms with van der Waals surface area (Å²) in [6.45, 7) is 2.23. The molecule has 0 saturated carbocycles. The van der Waals surface area contributed by atoms with Crippen molar-refractivity contribution in [2.45, 2.75) is 57.8 Å². The lowest BCUT2D eigenvalue weighted by molar-refractivity contribution is -0.108. The first-order valence-electron chi connectivity index (χ1n) is 6.97. The number of hydrogen-bond donors (Lipinski definition) is 0. The van der Waals surface area contributed by atoms with Crippen LogP contribution in [0, 0.1) is 0 Å². The topological polar surface area (TPSA) is 17.1 Å². The van der Waals surface area contributed by atoms with E-state index in [0.717, 1.165) is 17.7 Å². The van der Waals surface area contributed by atoms with Gasteiger partial charge in [-0.1, -0.05) is 62.8 Å². The first-order valence-corrected chi connectivity index (χ1v) is 7.34. The molecule has 2 heteroatoms. The van der Waals surface area contributed by atoms with Crippen LogP contribution in [0.4, 0.5) is 0 Å². The smallest absolute Gasteiger partial charge is 0.120 e. The highest BCUT2D eigenvalue weighted by Crippen LogP contribution is 2.26. The molecule has 0 bridgehead atoms. The number of rotatable bonds is 9. The third-order valence-corrected chi connectivity index (χ3v) is 3.63. The fourth-order valence-corrected chi connectivity index (χ4v) is 2.39. The molecule has 0 aromatic heterocycles. The van der Waals surface area contributed by atoms with Crippen LogP contribution in [0.5, 0.6) is 0 Å². The van der Waals surface area contributed by atoms with Gasteiger partial charge in [-0.2, -0.15) is 0 Å². The van der Waals surface area contributed by atoms with E-state index in [4.69, 9.17) is 11.6 Å². The molecule has 18 heavy (non-hydrogen) atoms. The third kappa shape index (κ3) is 5.68. The molecule has 0 aliphatic heterocycles. The van der Waals surface area contributed by atoms with E-state index in [0.29, 0.717) is 12.3 Å². The molecule has 0 aliphatic rings. The first kappa shape index (κ1) is 15.2. The molecule has 1 aromatic rings. The summed E-state index contributed by atoms with van der Waals surface area (Å²) in [7, 11) is 0. The van der Waals surface area contributed by atoms with E-state index in [2.05, 4.69) is 6.92 Å². The van der Waals surface area contributed by atoms with Gasteiger partial charge in [0.05, 0.1) is 0 Å². The van der Waals surface area contributed by atoms with E-state index in [-0.39, 0.29) is 0 Å². The SMILES string of the molecule is CCCCCCCC(CC=O)c1ccc(Cl)cc1. The largest absolute Gasteiger partial charge is 0.303 e. The van der Waals surface area contributed by atoms with Crippen molar-refractivity contribution >= 4 is 17.9 Å². The third-order valence-electron chi connectivity index (χ3n) is 3.38. The van der Waals surface area contributed by atoms with Crippen molar-refractivity contribution in [2.24, 2.45) is 0 Å². The number of aldehydes is 1. The normalized spacial score (nSPS) is 12.3. The average Bonchev–Trinajstić information content (AvgIpc) is 2.38. The van der Waals surface area contributed by atoms with Crippen LogP contribution in [-0.4, -0.2) is 6.29 Å². The van der Waals surface area contributed by atoms with Gasteiger partial charge in [0.25, 0.3) is 0 Å². The molecule has 1 atom stereocenters. The maximum Gasteiger partial charge on any atom is 0.120 e. The van der Waals surface area contributed by atoms with Crippen LogP contribution in [0.25, 0.3) is 0 Å². The van der Waals surface area contributed by atoms with Crippen molar-refractivity contribution in [3.63, 3.8) is 0 Å². The lowest BCUT2D eigenvalue weighted by Crippen LogP contribution is -2.00. The lowest BCUT2D eigenvalue weighted by atomic mass is 9.90. The summed E-state index contributed by atoms with van der Waals surface area (Å²) in [6.07, 6.45) is 9.14. The molecule has 1 rings (SSSR count). The van der Waals surface area contributed by atoms with Crippen LogP contribution in [0.3, 0.4) is 0 Å². The molecule has 0 spiro atoms. The Labute approximate surface area is 116 Å². The Morgan fingerprint density at radius 2 is 1.78 bits per heavy atom. The molecule has 0 amide bonds. The first-order chi connectivity index (χ1) is 8.77. The van der Waals surface area contributed by atoms with Gasteiger partial charge in [0, 0.05) is 11.4 Å². The molecule has 1 nitrogen and oxygen atoms in total. The second-order valence-electron chi connectivity index (χ2n) is 4.85. The van der Waals surface area contributed by atoms with Crippen molar-refractivity contribution in [1.29, 1.82) is 0 Å². The van der Waals surface area contributed by atoms with Gasteiger partial charge in [-0.25, -0.2) is 0 Å². The maximum atomic E-state index is 10.8. The van der Waals surface area contributed by atoms with E-state index < -0.39 is 0 Å². The minimum atomic E-state index is 0.362. The van der Waals surface area contributed by atoms with Crippen LogP contribution in [0.2, 0.25) is 5.02 Å². The van der Waals surface area contributed by atoms with Gasteiger partial charge in [0.2, 0.25) is 0 Å². The van der Waals surface area contributed by atoms with Gasteiger partial charge < -0.3 is 4.79 Å². The fraction of sp³-hybridized carbons (Fsp3) is 0.562. The Morgan fingerprint density at radius 3 is 2.39 bits per heavy atom. The van der Waals surface area contributed by atoms with Crippen LogP contribution in [-0.2, 0) is 4.79 Å². The summed E-state index contributed by atoms with van der Waals surface area (Å²) < 4.78 is 0. The average molecular weight is 267 g/mol. The number of halogens is 1. The van der Waals surface area contributed by atoms with Crippen molar-refractivity contribution < 1.29 is 4.79 Å². The molecule has 0 radical (unpaired) electrons. The zero-order chi connectivity index (χ0) is 13.2. The summed E-state index contributed by atoms with van der Waals surface area (Å²) in [5.74, 6) is 0.362. The molecular weight excluding hydrogens is 244 g/mol. The molecule has 1 aromatic carbocycles. The number of benzene rings is 1. The predicted octanol–water partition coefficient (Wildman–Crippen LogP) is 5.37. The van der Waals surface area contributed by atoms with Gasteiger partial charge in [0.15, 0.2) is 0 Å². The minimum Gasteiger partial charge on any atom is -0.303 e. The second kappa shape index (κ2) is 9.16. The molecule has 1 unspecified atom stereocenters. The predicted molar refractivity (Wildman–Crippen MR) is 78.3 cm³/mol. The number of unbranched alkanes of at least 4 members (excludes halogenated alkanes) is 4. The van der Waals surface area contributed by atoms with Crippen LogP contribution in [0.1, 0.15) is 63.4 Å². The zero-order valence-corrected chi connectivity index (χ0v) is 12.0. The van der Waals surface area contributed by atoms with Crippen LogP contribution in [0.15, 0.2) is 24.3 Å². The molecule has 0 aliphatic carbocycles. The van der Waals surface area contributed by atoms with Crippen molar-refractivity contribution in [3.8, 4) is 0 Å². The van der Waals surface area contributed by atoms with Crippen LogP contribution < -0.4 is 0 Å². The zero-order valence-electron chi connectivity index (χ0n) is 11.2. The molecule has 0 heterocycles. The van der Waals surface area contributed by atoms with E-state index >= 15 is 0 Å². The Hall–Kier alpha value is -0.820. The Balaban J connectivity index is 2.44. The van der Waals surface area contributed by atoms with Gasteiger partial charge in [-0.15, -0.1) is 0 Å². The summed E-state index contributed by atoms with van der Waals surface area (Å²) in [5.41, 5.74) is 1.24. The number of hydrogen-bond acceptors (Lipinski definition) is 1. The Morgan fingerprint density at radius 1 is 1.11 bits per heavy atom. The van der Waals surface area contributed by atoms with Crippen molar-refractivity contribution in [2.75, 3.05) is 0 Å². The quantitative estimate of drug-likeness (QED) is 0.434. The summed E-state index contributed by atoms with van der Waals surface area (Å²) in [4.78, 5) is 10.8. The van der Waals surface area contributed by atoms with E-state index in [1.165, 1.54) is 37.7 Å². The monoisotopic (exact) mass is 266 g/mol. The highest BCUT2D eigenvalue weighted by molar-refractivity contribution is 6.30. The lowest BCUT2D eigenvalue weighted by Gasteiger charge is -2.14. The molecular formula is C16H23ClO. The molecule has 0 fully saturated rings. The fourth-order valence-electron chi connectivity index (χ4n) is 2.27. The van der Waals surface area contributed by atoms with Crippen molar-refractivity contribution in [3.05, 3.63) is 34.9 Å². The minimum absolute atomic E-state index is 0.362. The standard InChI is InChI=1S/C16H23ClO/c1-2-3-4-5-6-7-14(12-13-18)15-8-10-16(17)11-9-15/h8-11,13-14H,2-7,12H2,1H3. The van der Waals surface area contributed by atoms with E-state index in [1.807, 2.05) is 24.3 Å². The number of carbonyl (C=O) groups is 1. The highest BCUT2D eigenvalue weighted by Gasteiger charge is 2.10. The Bertz CT molecular complexity index is 331. The second-order valence-corrected chi connectivity index (χ2v) is 5.29. The molecule has 100 valence electrons. The molecule has 0 N–H and O–H groups in total. The van der Waals surface area contributed by atoms with Gasteiger partial charge in [-0.3, -0.25) is 0 Å². The van der Waals surface area contributed by atoms with Gasteiger partial charge in [-0.05, 0) is 30.0 Å². The summed E-state index contributed by atoms with van der Waals surface area (Å²) in [6, 6.07) is 7.91. The van der Waals surface area contributed by atoms with E-state index in [9.17, 15) is 4.79 Å².